The zero-order valence-electron chi connectivity index (χ0n) is 14.3. The van der Waals surface area contributed by atoms with Crippen LogP contribution in [0.3, 0.4) is 0 Å². The van der Waals surface area contributed by atoms with Crippen molar-refractivity contribution in [2.75, 3.05) is 6.54 Å². The number of nitrogens with zero attached hydrogens (tertiary/aromatic N) is 3. The van der Waals surface area contributed by atoms with Crippen molar-refractivity contribution in [1.29, 1.82) is 0 Å². The molecule has 0 fully saturated rings. The minimum Gasteiger partial charge on any atom is -0.438 e. The number of rotatable bonds is 9. The number of hydrogen-bond donors (Lipinski definition) is 1. The lowest BCUT2D eigenvalue weighted by Crippen LogP contribution is -2.28. The molecule has 1 aromatic heterocycles. The number of aromatic nitrogens is 1. The molecule has 0 bridgehead atoms. The molecule has 7 nitrogen and oxygen atoms in total. The van der Waals surface area contributed by atoms with Gasteiger partial charge in [-0.2, -0.15) is 10.2 Å². The maximum Gasteiger partial charge on any atom is 0.245 e. The highest BCUT2D eigenvalue weighted by Gasteiger charge is 2.39. The first-order chi connectivity index (χ1) is 12.9. The fourth-order valence-corrected chi connectivity index (χ4v) is 3.51. The second kappa shape index (κ2) is 7.82. The molecule has 2 heterocycles. The molecule has 140 valence electrons. The third-order valence-electron chi connectivity index (χ3n) is 3.92. The van der Waals surface area contributed by atoms with Gasteiger partial charge in [0.25, 0.3) is 0 Å². The number of hydrogen-bond acceptors (Lipinski definition) is 6. The summed E-state index contributed by atoms with van der Waals surface area (Å²) in [7, 11) is -3.87. The first-order valence-corrected chi connectivity index (χ1v) is 9.68. The van der Waals surface area contributed by atoms with Crippen LogP contribution in [0.1, 0.15) is 19.3 Å². The normalized spacial score (nSPS) is 14.5. The van der Waals surface area contributed by atoms with Gasteiger partial charge in [-0.1, -0.05) is 0 Å². The summed E-state index contributed by atoms with van der Waals surface area (Å²) in [5.41, 5.74) is -0.572. The Hall–Kier alpha value is -2.83. The quantitative estimate of drug-likeness (QED) is 0.667. The molecule has 0 amide bonds. The van der Waals surface area contributed by atoms with Gasteiger partial charge < -0.3 is 4.74 Å². The van der Waals surface area contributed by atoms with Crippen LogP contribution in [0.15, 0.2) is 57.7 Å². The van der Waals surface area contributed by atoms with Crippen LogP contribution in [0.4, 0.5) is 4.39 Å². The van der Waals surface area contributed by atoms with Crippen LogP contribution in [0.2, 0.25) is 0 Å². The summed E-state index contributed by atoms with van der Waals surface area (Å²) in [6, 6.07) is 8.07. The Bertz CT molecular complexity index is 978. The van der Waals surface area contributed by atoms with Crippen LogP contribution in [0.25, 0.3) is 0 Å². The maximum atomic E-state index is 13.0. The number of benzene rings is 1. The highest BCUT2D eigenvalue weighted by Crippen LogP contribution is 2.36. The van der Waals surface area contributed by atoms with Gasteiger partial charge in [0.05, 0.1) is 0 Å². The first-order valence-electron chi connectivity index (χ1n) is 8.20. The van der Waals surface area contributed by atoms with Gasteiger partial charge in [-0.15, -0.1) is 12.3 Å². The highest BCUT2D eigenvalue weighted by atomic mass is 32.2. The second-order valence-electron chi connectivity index (χ2n) is 5.90. The number of ether oxygens (including phenoxy) is 1. The molecule has 9 heteroatoms. The van der Waals surface area contributed by atoms with Crippen LogP contribution in [0, 0.1) is 18.2 Å². The highest BCUT2D eigenvalue weighted by molar-refractivity contribution is 7.89. The molecule has 1 N–H and O–H groups in total. The Labute approximate surface area is 156 Å². The predicted octanol–water partition coefficient (Wildman–Crippen LogP) is 3.26. The van der Waals surface area contributed by atoms with E-state index in [9.17, 15) is 12.8 Å². The first kappa shape index (κ1) is 18.9. The molecule has 0 saturated carbocycles. The molecule has 1 aliphatic rings. The fraction of sp³-hybridized carbons (Fsp3) is 0.278. The summed E-state index contributed by atoms with van der Waals surface area (Å²) in [5, 5.41) is 7.94. The molecule has 0 radical (unpaired) electrons. The van der Waals surface area contributed by atoms with Crippen LogP contribution < -0.4 is 9.46 Å². The Morgan fingerprint density at radius 2 is 1.93 bits per heavy atom. The van der Waals surface area contributed by atoms with E-state index in [0.717, 1.165) is 0 Å². The van der Waals surface area contributed by atoms with Crippen molar-refractivity contribution < 1.29 is 17.5 Å². The Morgan fingerprint density at radius 3 is 2.59 bits per heavy atom. The van der Waals surface area contributed by atoms with E-state index in [0.29, 0.717) is 19.3 Å². The van der Waals surface area contributed by atoms with E-state index >= 15 is 0 Å². The smallest absolute Gasteiger partial charge is 0.245 e. The van der Waals surface area contributed by atoms with Gasteiger partial charge in [0.1, 0.15) is 16.5 Å². The zero-order valence-corrected chi connectivity index (χ0v) is 15.1. The third-order valence-corrected chi connectivity index (χ3v) is 5.40. The van der Waals surface area contributed by atoms with E-state index in [2.05, 4.69) is 25.9 Å². The lowest BCUT2D eigenvalue weighted by Gasteiger charge is -2.13. The van der Waals surface area contributed by atoms with Crippen LogP contribution in [-0.4, -0.2) is 25.6 Å². The summed E-state index contributed by atoms with van der Waals surface area (Å²) in [5.74, 6) is 2.28. The minimum absolute atomic E-state index is 0.0977. The van der Waals surface area contributed by atoms with Crippen LogP contribution in [-0.2, 0) is 10.0 Å². The van der Waals surface area contributed by atoms with E-state index in [1.54, 1.807) is 0 Å². The average Bonchev–Trinajstić information content (AvgIpc) is 3.42. The van der Waals surface area contributed by atoms with Crippen molar-refractivity contribution in [2.24, 2.45) is 10.2 Å². The summed E-state index contributed by atoms with van der Waals surface area (Å²) < 4.78 is 46.3. The SMILES string of the molecule is C#CCCC1(CCNS(=O)(=O)c2cccnc2Oc2ccc(F)cc2)N=N1. The van der Waals surface area contributed by atoms with Gasteiger partial charge in [-0.3, -0.25) is 0 Å². The molecule has 2 aromatic rings. The summed E-state index contributed by atoms with van der Waals surface area (Å²) in [6.07, 6.45) is 8.19. The Morgan fingerprint density at radius 1 is 1.19 bits per heavy atom. The molecule has 3 rings (SSSR count). The molecule has 0 saturated heterocycles. The third kappa shape index (κ3) is 4.87. The predicted molar refractivity (Wildman–Crippen MR) is 96.2 cm³/mol. The molecule has 0 spiro atoms. The van der Waals surface area contributed by atoms with Crippen LogP contribution in [0.5, 0.6) is 11.6 Å². The summed E-state index contributed by atoms with van der Waals surface area (Å²) >= 11 is 0. The summed E-state index contributed by atoms with van der Waals surface area (Å²) in [6.45, 7) is 0.144. The van der Waals surface area contributed by atoms with E-state index in [1.807, 2.05) is 0 Å². The van der Waals surface area contributed by atoms with Gasteiger partial charge in [-0.25, -0.2) is 22.5 Å². The van der Waals surface area contributed by atoms with Gasteiger partial charge in [0.2, 0.25) is 15.9 Å². The van der Waals surface area contributed by atoms with Crippen molar-refractivity contribution in [3.05, 3.63) is 48.4 Å². The molecule has 0 atom stereocenters. The number of pyridine rings is 1. The standard InChI is InChI=1S/C18H17FN4O3S/c1-2-3-10-18(22-23-18)11-13-21-27(24,25)16-5-4-12-20-17(16)26-15-8-6-14(19)7-9-15/h1,4-9,12,21H,3,10-11,13H2. The zero-order chi connectivity index (χ0) is 19.3. The van der Waals surface area contributed by atoms with E-state index in [1.165, 1.54) is 42.6 Å². The van der Waals surface area contributed by atoms with E-state index in [-0.39, 0.29) is 23.1 Å². The van der Waals surface area contributed by atoms with Gasteiger partial charge in [-0.05, 0) is 36.4 Å². The fourth-order valence-electron chi connectivity index (χ4n) is 2.40. The Balaban J connectivity index is 1.67. The largest absolute Gasteiger partial charge is 0.438 e. The molecule has 1 aliphatic heterocycles. The lowest BCUT2D eigenvalue weighted by molar-refractivity contribution is 0.444. The second-order valence-corrected chi connectivity index (χ2v) is 7.63. The monoisotopic (exact) mass is 388 g/mol. The van der Waals surface area contributed by atoms with Crippen molar-refractivity contribution in [2.45, 2.75) is 29.8 Å². The van der Waals surface area contributed by atoms with Gasteiger partial charge in [0.15, 0.2) is 5.66 Å². The molecule has 0 aliphatic carbocycles. The topological polar surface area (TPSA) is 93.0 Å². The number of terminal acetylenes is 1. The van der Waals surface area contributed by atoms with Gasteiger partial charge in [0, 0.05) is 32.0 Å². The molecule has 0 unspecified atom stereocenters. The molecular formula is C18H17FN4O3S. The lowest BCUT2D eigenvalue weighted by atomic mass is 10.1. The van der Waals surface area contributed by atoms with Crippen molar-refractivity contribution in [3.63, 3.8) is 0 Å². The molecular weight excluding hydrogens is 371 g/mol. The van der Waals surface area contributed by atoms with Crippen molar-refractivity contribution >= 4 is 10.0 Å². The van der Waals surface area contributed by atoms with Crippen LogP contribution >= 0.6 is 0 Å². The molecule has 1 aromatic carbocycles. The van der Waals surface area contributed by atoms with E-state index in [4.69, 9.17) is 11.2 Å². The van der Waals surface area contributed by atoms with Crippen molar-refractivity contribution in [1.82, 2.24) is 9.71 Å². The number of sulfonamides is 1. The van der Waals surface area contributed by atoms with Crippen molar-refractivity contribution in [3.8, 4) is 24.0 Å². The minimum atomic E-state index is -3.87. The van der Waals surface area contributed by atoms with Gasteiger partial charge >= 0.3 is 0 Å². The number of halogens is 1. The number of nitrogens with one attached hydrogen (secondary N) is 1. The average molecular weight is 388 g/mol. The Kier molecular flexibility index (Phi) is 5.48. The van der Waals surface area contributed by atoms with E-state index < -0.39 is 21.5 Å². The summed E-state index contributed by atoms with van der Waals surface area (Å²) in [4.78, 5) is 3.86. The maximum absolute atomic E-state index is 13.0. The molecule has 27 heavy (non-hydrogen) atoms.